The van der Waals surface area contributed by atoms with Crippen molar-refractivity contribution in [2.24, 2.45) is 0 Å². The molecule has 2 fully saturated rings. The molecule has 2 unspecified atom stereocenters. The maximum absolute atomic E-state index is 4.70. The lowest BCUT2D eigenvalue weighted by atomic mass is 9.82. The second-order valence-corrected chi connectivity index (χ2v) is 10.2. The highest BCUT2D eigenvalue weighted by atomic mass is 32.1. The third-order valence-electron chi connectivity index (χ3n) is 6.52. The van der Waals surface area contributed by atoms with Crippen molar-refractivity contribution in [2.45, 2.75) is 44.1 Å². The standard InChI is InChI=1S/C23H24N4S2/c1-2-10-27-11-3-4-16(20(27)5-1)22-13-17-18(8-9-24-23(17)29-22)26-15-6-7-21-19(12-15)25-14-28-21/h6-9,12-14,16,20H,1-5,10-11H2,(H,24,26). The quantitative estimate of drug-likeness (QED) is 0.417. The first-order chi connectivity index (χ1) is 14.3. The van der Waals surface area contributed by atoms with Crippen molar-refractivity contribution in [3.8, 4) is 0 Å². The van der Waals surface area contributed by atoms with E-state index in [0.29, 0.717) is 5.92 Å². The van der Waals surface area contributed by atoms with Crippen molar-refractivity contribution in [3.63, 3.8) is 0 Å². The number of hydrogen-bond acceptors (Lipinski definition) is 6. The van der Waals surface area contributed by atoms with Gasteiger partial charge in [0, 0.05) is 34.1 Å². The minimum absolute atomic E-state index is 0.669. The van der Waals surface area contributed by atoms with Crippen LogP contribution in [0.2, 0.25) is 0 Å². The van der Waals surface area contributed by atoms with E-state index in [1.54, 1.807) is 11.3 Å². The zero-order valence-corrected chi connectivity index (χ0v) is 17.9. The lowest BCUT2D eigenvalue weighted by Gasteiger charge is -2.44. The second-order valence-electron chi connectivity index (χ2n) is 8.23. The van der Waals surface area contributed by atoms with E-state index in [-0.39, 0.29) is 0 Å². The molecular weight excluding hydrogens is 396 g/mol. The number of rotatable bonds is 3. The summed E-state index contributed by atoms with van der Waals surface area (Å²) in [5.41, 5.74) is 5.18. The van der Waals surface area contributed by atoms with E-state index in [1.165, 1.54) is 60.2 Å². The lowest BCUT2D eigenvalue weighted by Crippen LogP contribution is -2.46. The summed E-state index contributed by atoms with van der Waals surface area (Å²) in [5, 5.41) is 4.87. The van der Waals surface area contributed by atoms with Crippen LogP contribution < -0.4 is 5.32 Å². The van der Waals surface area contributed by atoms with Crippen LogP contribution in [-0.2, 0) is 0 Å². The molecular formula is C23H24N4S2. The molecule has 0 aliphatic carbocycles. The number of hydrogen-bond donors (Lipinski definition) is 1. The van der Waals surface area contributed by atoms with Crippen LogP contribution in [-0.4, -0.2) is 34.0 Å². The van der Waals surface area contributed by atoms with Gasteiger partial charge in [0.25, 0.3) is 0 Å². The minimum Gasteiger partial charge on any atom is -0.355 e. The van der Waals surface area contributed by atoms with Crippen LogP contribution in [0.15, 0.2) is 42.0 Å². The monoisotopic (exact) mass is 420 g/mol. The topological polar surface area (TPSA) is 41.1 Å². The average Bonchev–Trinajstić information content (AvgIpc) is 3.40. The molecule has 29 heavy (non-hydrogen) atoms. The van der Waals surface area contributed by atoms with Gasteiger partial charge in [-0.1, -0.05) is 6.42 Å². The summed E-state index contributed by atoms with van der Waals surface area (Å²) in [6.45, 7) is 2.58. The molecule has 2 aliphatic heterocycles. The van der Waals surface area contributed by atoms with Gasteiger partial charge >= 0.3 is 0 Å². The van der Waals surface area contributed by atoms with Crippen molar-refractivity contribution < 1.29 is 0 Å². The average molecular weight is 421 g/mol. The Morgan fingerprint density at radius 2 is 1.97 bits per heavy atom. The zero-order valence-electron chi connectivity index (χ0n) is 16.3. The fourth-order valence-electron chi connectivity index (χ4n) is 5.13. The Bertz CT molecular complexity index is 1160. The summed E-state index contributed by atoms with van der Waals surface area (Å²) in [4.78, 5) is 14.6. The van der Waals surface area contributed by atoms with Crippen molar-refractivity contribution >= 4 is 54.5 Å². The number of nitrogens with zero attached hydrogens (tertiary/aromatic N) is 3. The summed E-state index contributed by atoms with van der Waals surface area (Å²) < 4.78 is 1.22. The Morgan fingerprint density at radius 3 is 2.97 bits per heavy atom. The molecule has 0 amide bonds. The van der Waals surface area contributed by atoms with Crippen LogP contribution in [0.3, 0.4) is 0 Å². The zero-order chi connectivity index (χ0) is 19.2. The Labute approximate surface area is 178 Å². The lowest BCUT2D eigenvalue weighted by molar-refractivity contribution is 0.0905. The SMILES string of the molecule is c1cc(Nc2ccc3scnc3c2)c2cc(C3CCCN4CCCCC34)sc2n1. The molecule has 0 bridgehead atoms. The molecule has 0 radical (unpaired) electrons. The van der Waals surface area contributed by atoms with Gasteiger partial charge in [-0.15, -0.1) is 22.7 Å². The van der Waals surface area contributed by atoms with Gasteiger partial charge in [0.2, 0.25) is 0 Å². The van der Waals surface area contributed by atoms with Gasteiger partial charge in [0.05, 0.1) is 21.4 Å². The van der Waals surface area contributed by atoms with Gasteiger partial charge in [-0.2, -0.15) is 0 Å². The molecule has 1 N–H and O–H groups in total. The molecule has 4 nitrogen and oxygen atoms in total. The highest BCUT2D eigenvalue weighted by Crippen LogP contribution is 2.43. The van der Waals surface area contributed by atoms with Crippen LogP contribution in [0.1, 0.15) is 42.9 Å². The van der Waals surface area contributed by atoms with Gasteiger partial charge in [0.1, 0.15) is 4.83 Å². The maximum Gasteiger partial charge on any atom is 0.125 e. The number of anilines is 2. The number of fused-ring (bicyclic) bond motifs is 3. The molecule has 2 saturated heterocycles. The molecule has 148 valence electrons. The van der Waals surface area contributed by atoms with E-state index in [4.69, 9.17) is 4.98 Å². The number of piperidine rings is 2. The van der Waals surface area contributed by atoms with Gasteiger partial charge in [-0.3, -0.25) is 4.90 Å². The smallest absolute Gasteiger partial charge is 0.125 e. The number of thiazole rings is 1. The van der Waals surface area contributed by atoms with Crippen molar-refractivity contribution in [3.05, 3.63) is 46.9 Å². The molecule has 0 saturated carbocycles. The van der Waals surface area contributed by atoms with Crippen LogP contribution >= 0.6 is 22.7 Å². The third kappa shape index (κ3) is 3.23. The summed E-state index contributed by atoms with van der Waals surface area (Å²) in [7, 11) is 0. The second kappa shape index (κ2) is 7.35. The molecule has 2 aliphatic rings. The van der Waals surface area contributed by atoms with Crippen molar-refractivity contribution in [1.29, 1.82) is 0 Å². The normalized spacial score (nSPS) is 22.8. The number of thiophene rings is 1. The van der Waals surface area contributed by atoms with Gasteiger partial charge in [-0.05, 0) is 69.1 Å². The molecule has 4 aromatic rings. The van der Waals surface area contributed by atoms with Crippen LogP contribution in [0.5, 0.6) is 0 Å². The molecule has 5 heterocycles. The fourth-order valence-corrected chi connectivity index (χ4v) is 7.01. The predicted octanol–water partition coefficient (Wildman–Crippen LogP) is 6.38. The number of aromatic nitrogens is 2. The number of benzene rings is 1. The van der Waals surface area contributed by atoms with Crippen molar-refractivity contribution in [2.75, 3.05) is 18.4 Å². The Balaban J connectivity index is 1.34. The van der Waals surface area contributed by atoms with Gasteiger partial charge in [-0.25, -0.2) is 9.97 Å². The highest BCUT2D eigenvalue weighted by molar-refractivity contribution is 7.18. The summed E-state index contributed by atoms with van der Waals surface area (Å²) >= 11 is 3.58. The number of pyridine rings is 1. The molecule has 6 heteroatoms. The van der Waals surface area contributed by atoms with E-state index in [9.17, 15) is 0 Å². The first-order valence-electron chi connectivity index (χ1n) is 10.6. The molecule has 3 aromatic heterocycles. The molecule has 1 aromatic carbocycles. The van der Waals surface area contributed by atoms with Gasteiger partial charge in [0.15, 0.2) is 0 Å². The summed E-state index contributed by atoms with van der Waals surface area (Å²) in [6.07, 6.45) is 8.67. The largest absolute Gasteiger partial charge is 0.355 e. The third-order valence-corrected chi connectivity index (χ3v) is 8.50. The Morgan fingerprint density at radius 1 is 1.00 bits per heavy atom. The summed E-state index contributed by atoms with van der Waals surface area (Å²) in [6, 6.07) is 11.7. The first-order valence-corrected chi connectivity index (χ1v) is 12.3. The molecule has 0 spiro atoms. The first kappa shape index (κ1) is 17.8. The number of nitrogens with one attached hydrogen (secondary N) is 1. The van der Waals surface area contributed by atoms with E-state index in [0.717, 1.165) is 27.8 Å². The van der Waals surface area contributed by atoms with Crippen LogP contribution in [0.4, 0.5) is 11.4 Å². The highest BCUT2D eigenvalue weighted by Gasteiger charge is 2.34. The van der Waals surface area contributed by atoms with E-state index >= 15 is 0 Å². The van der Waals surface area contributed by atoms with E-state index < -0.39 is 0 Å². The molecule has 2 atom stereocenters. The molecule has 6 rings (SSSR count). The van der Waals surface area contributed by atoms with E-state index in [2.05, 4.69) is 45.5 Å². The predicted molar refractivity (Wildman–Crippen MR) is 124 cm³/mol. The van der Waals surface area contributed by atoms with Crippen LogP contribution in [0.25, 0.3) is 20.4 Å². The Hall–Kier alpha value is -2.02. The maximum atomic E-state index is 4.70. The van der Waals surface area contributed by atoms with E-state index in [1.807, 2.05) is 23.0 Å². The van der Waals surface area contributed by atoms with Crippen molar-refractivity contribution in [1.82, 2.24) is 14.9 Å². The Kier molecular flexibility index (Phi) is 4.51. The summed E-state index contributed by atoms with van der Waals surface area (Å²) in [5.74, 6) is 0.669. The van der Waals surface area contributed by atoms with Gasteiger partial charge < -0.3 is 5.32 Å². The van der Waals surface area contributed by atoms with Crippen LogP contribution in [0, 0.1) is 0 Å². The minimum atomic E-state index is 0.669. The fraction of sp³-hybridized carbons (Fsp3) is 0.391.